The van der Waals surface area contributed by atoms with E-state index in [0.717, 1.165) is 0 Å². The lowest BCUT2D eigenvalue weighted by Gasteiger charge is -2.08. The van der Waals surface area contributed by atoms with Crippen LogP contribution in [0.25, 0.3) is 11.1 Å². The lowest BCUT2D eigenvalue weighted by Crippen LogP contribution is -2.32. The van der Waals surface area contributed by atoms with Crippen molar-refractivity contribution in [3.63, 3.8) is 0 Å². The number of nitrogens with zero attached hydrogens (tertiary/aromatic N) is 2. The maximum Gasteiger partial charge on any atom is 0.261 e. The van der Waals surface area contributed by atoms with Gasteiger partial charge in [0.2, 0.25) is 11.1 Å². The topological polar surface area (TPSA) is 97.0 Å². The van der Waals surface area contributed by atoms with Gasteiger partial charge < -0.3 is 19.7 Å². The zero-order valence-corrected chi connectivity index (χ0v) is 12.0. The number of aliphatic hydroxyl groups is 1. The fourth-order valence-electron chi connectivity index (χ4n) is 1.50. The lowest BCUT2D eigenvalue weighted by atomic mass is 10.3. The number of hydrogen-bond acceptors (Lipinski definition) is 6. The van der Waals surface area contributed by atoms with Gasteiger partial charge in [-0.2, -0.15) is 0 Å². The van der Waals surface area contributed by atoms with Crippen molar-refractivity contribution in [3.8, 4) is 0 Å². The summed E-state index contributed by atoms with van der Waals surface area (Å²) in [7, 11) is 0. The number of fused-ring (bicyclic) bond motifs is 1. The minimum atomic E-state index is -0.884. The fourth-order valence-corrected chi connectivity index (χ4v) is 1.63. The summed E-state index contributed by atoms with van der Waals surface area (Å²) in [5.41, 5.74) is 1.25. The van der Waals surface area contributed by atoms with Crippen LogP contribution >= 0.6 is 11.6 Å². The molecule has 0 spiro atoms. The van der Waals surface area contributed by atoms with Crippen LogP contribution in [0.2, 0.25) is 0 Å². The summed E-state index contributed by atoms with van der Waals surface area (Å²) in [5, 5.41) is 15.5. The van der Waals surface area contributed by atoms with Crippen LogP contribution in [0.15, 0.2) is 33.8 Å². The van der Waals surface area contributed by atoms with Crippen molar-refractivity contribution in [1.82, 2.24) is 10.3 Å². The van der Waals surface area contributed by atoms with Crippen LogP contribution in [0.3, 0.4) is 0 Å². The number of hydrogen-bond donors (Lipinski definition) is 2. The molecule has 2 N–H and O–H groups in total. The number of para-hydroxylation sites is 2. The van der Waals surface area contributed by atoms with Crippen molar-refractivity contribution in [2.24, 2.45) is 5.16 Å². The number of carbonyl (C=O) groups excluding carboxylic acids is 1. The highest BCUT2D eigenvalue weighted by atomic mass is 35.5. The van der Waals surface area contributed by atoms with E-state index in [9.17, 15) is 9.90 Å². The first kappa shape index (κ1) is 15.3. The monoisotopic (exact) mass is 311 g/mol. The van der Waals surface area contributed by atoms with Crippen LogP contribution < -0.4 is 5.32 Å². The SMILES string of the molecule is CC(=O)NCC(O)CO/N=C(\Cl)c1nc2ccccc2o1. The minimum absolute atomic E-state index is 0.0575. The summed E-state index contributed by atoms with van der Waals surface area (Å²) >= 11 is 5.91. The smallest absolute Gasteiger partial charge is 0.261 e. The molecule has 0 aliphatic carbocycles. The Morgan fingerprint density at radius 2 is 2.33 bits per heavy atom. The Kier molecular flexibility index (Phi) is 5.13. The average molecular weight is 312 g/mol. The second-order valence-electron chi connectivity index (χ2n) is 4.26. The van der Waals surface area contributed by atoms with Gasteiger partial charge in [-0.05, 0) is 12.1 Å². The summed E-state index contributed by atoms with van der Waals surface area (Å²) in [4.78, 5) is 19.7. The molecule has 2 aromatic rings. The first-order valence-electron chi connectivity index (χ1n) is 6.20. The van der Waals surface area contributed by atoms with Gasteiger partial charge in [-0.3, -0.25) is 4.79 Å². The van der Waals surface area contributed by atoms with Gasteiger partial charge in [0.15, 0.2) is 5.58 Å². The number of halogens is 1. The molecule has 0 bridgehead atoms. The third-order valence-electron chi connectivity index (χ3n) is 2.47. The zero-order valence-electron chi connectivity index (χ0n) is 11.2. The molecule has 0 saturated heterocycles. The molecule has 112 valence electrons. The van der Waals surface area contributed by atoms with Crippen molar-refractivity contribution in [1.29, 1.82) is 0 Å². The molecular formula is C13H14ClN3O4. The lowest BCUT2D eigenvalue weighted by molar-refractivity contribution is -0.119. The highest BCUT2D eigenvalue weighted by Crippen LogP contribution is 2.16. The largest absolute Gasteiger partial charge is 0.434 e. The quantitative estimate of drug-likeness (QED) is 0.618. The first-order chi connectivity index (χ1) is 10.1. The molecule has 1 unspecified atom stereocenters. The second-order valence-corrected chi connectivity index (χ2v) is 4.61. The van der Waals surface area contributed by atoms with Gasteiger partial charge in [-0.15, -0.1) is 0 Å². The molecule has 2 rings (SSSR count). The predicted octanol–water partition coefficient (Wildman–Crippen LogP) is 1.24. The van der Waals surface area contributed by atoms with Gasteiger partial charge >= 0.3 is 0 Å². The van der Waals surface area contributed by atoms with E-state index >= 15 is 0 Å². The van der Waals surface area contributed by atoms with E-state index in [2.05, 4.69) is 15.5 Å². The number of amides is 1. The van der Waals surface area contributed by atoms with E-state index in [1.807, 2.05) is 12.1 Å². The number of benzene rings is 1. The van der Waals surface area contributed by atoms with Crippen molar-refractivity contribution >= 4 is 33.8 Å². The highest BCUT2D eigenvalue weighted by Gasteiger charge is 2.11. The van der Waals surface area contributed by atoms with Crippen molar-refractivity contribution in [3.05, 3.63) is 30.2 Å². The molecule has 21 heavy (non-hydrogen) atoms. The zero-order chi connectivity index (χ0) is 15.2. The summed E-state index contributed by atoms with van der Waals surface area (Å²) < 4.78 is 5.39. The number of oxime groups is 1. The number of oxazole rings is 1. The van der Waals surface area contributed by atoms with E-state index in [1.165, 1.54) is 6.92 Å². The Balaban J connectivity index is 1.90. The van der Waals surface area contributed by atoms with Crippen molar-refractivity contribution < 1.29 is 19.2 Å². The van der Waals surface area contributed by atoms with Crippen molar-refractivity contribution in [2.45, 2.75) is 13.0 Å². The minimum Gasteiger partial charge on any atom is -0.434 e. The Morgan fingerprint density at radius 3 is 3.05 bits per heavy atom. The Labute approximate surface area is 125 Å². The number of carbonyl (C=O) groups is 1. The number of rotatable bonds is 6. The number of aliphatic hydroxyl groups excluding tert-OH is 1. The molecule has 1 amide bonds. The van der Waals surface area contributed by atoms with Crippen LogP contribution in [-0.2, 0) is 9.63 Å². The standard InChI is InChI=1S/C13H14ClN3O4/c1-8(18)15-6-9(19)7-20-17-12(14)13-16-10-4-2-3-5-11(10)21-13/h2-5,9,19H,6-7H2,1H3,(H,15,18)/b17-12-. The van der Waals surface area contributed by atoms with Gasteiger partial charge in [-0.25, -0.2) is 4.98 Å². The molecule has 8 heteroatoms. The normalized spacial score (nSPS) is 13.2. The van der Waals surface area contributed by atoms with E-state index in [4.69, 9.17) is 20.9 Å². The molecule has 0 aliphatic rings. The Hall–Kier alpha value is -2.12. The van der Waals surface area contributed by atoms with E-state index in [1.54, 1.807) is 12.1 Å². The molecular weight excluding hydrogens is 298 g/mol. The van der Waals surface area contributed by atoms with Gasteiger partial charge in [0.25, 0.3) is 5.89 Å². The van der Waals surface area contributed by atoms with E-state index < -0.39 is 6.10 Å². The van der Waals surface area contributed by atoms with Crippen LogP contribution in [0.1, 0.15) is 12.8 Å². The summed E-state index contributed by atoms with van der Waals surface area (Å²) in [6, 6.07) is 7.18. The Bertz CT molecular complexity index is 623. The van der Waals surface area contributed by atoms with E-state index in [-0.39, 0.29) is 30.1 Å². The van der Waals surface area contributed by atoms with Gasteiger partial charge in [-0.1, -0.05) is 28.9 Å². The maximum atomic E-state index is 10.7. The maximum absolute atomic E-state index is 10.7. The summed E-state index contributed by atoms with van der Waals surface area (Å²) in [6.07, 6.45) is -0.884. The van der Waals surface area contributed by atoms with E-state index in [0.29, 0.717) is 11.1 Å². The summed E-state index contributed by atoms with van der Waals surface area (Å²) in [6.45, 7) is 1.32. The Morgan fingerprint density at radius 1 is 1.57 bits per heavy atom. The summed E-state index contributed by atoms with van der Waals surface area (Å²) in [5.74, 6) is -0.101. The van der Waals surface area contributed by atoms with Crippen LogP contribution in [0.5, 0.6) is 0 Å². The molecule has 0 saturated carbocycles. The molecule has 0 aliphatic heterocycles. The predicted molar refractivity (Wildman–Crippen MR) is 77.0 cm³/mol. The number of nitrogens with one attached hydrogen (secondary N) is 1. The fraction of sp³-hybridized carbons (Fsp3) is 0.308. The molecule has 0 fully saturated rings. The van der Waals surface area contributed by atoms with Crippen LogP contribution in [-0.4, -0.2) is 40.4 Å². The second kappa shape index (κ2) is 7.05. The number of aromatic nitrogens is 1. The van der Waals surface area contributed by atoms with Crippen LogP contribution in [0.4, 0.5) is 0 Å². The molecule has 1 aromatic carbocycles. The van der Waals surface area contributed by atoms with Gasteiger partial charge in [0, 0.05) is 13.5 Å². The first-order valence-corrected chi connectivity index (χ1v) is 6.58. The third kappa shape index (κ3) is 4.44. The molecule has 1 heterocycles. The molecule has 0 radical (unpaired) electrons. The average Bonchev–Trinajstić information content (AvgIpc) is 2.89. The molecule has 1 aromatic heterocycles. The van der Waals surface area contributed by atoms with Gasteiger partial charge in [0.05, 0.1) is 0 Å². The third-order valence-corrected chi connectivity index (χ3v) is 2.70. The van der Waals surface area contributed by atoms with Crippen LogP contribution in [0, 0.1) is 0 Å². The molecule has 7 nitrogen and oxygen atoms in total. The van der Waals surface area contributed by atoms with Gasteiger partial charge in [0.1, 0.15) is 18.2 Å². The molecule has 1 atom stereocenters. The highest BCUT2D eigenvalue weighted by molar-refractivity contribution is 6.68. The van der Waals surface area contributed by atoms with Crippen molar-refractivity contribution in [2.75, 3.05) is 13.2 Å².